The lowest BCUT2D eigenvalue weighted by Crippen LogP contribution is -2.11. The summed E-state index contributed by atoms with van der Waals surface area (Å²) in [6.07, 6.45) is 5.15. The zero-order valence-electron chi connectivity index (χ0n) is 10.6. The second-order valence-electron chi connectivity index (χ2n) is 5.21. The Kier molecular flexibility index (Phi) is 2.67. The largest absolute Gasteiger partial charge is 0.347 e. The Morgan fingerprint density at radius 3 is 2.82 bits per heavy atom. The molecule has 1 aromatic carbocycles. The van der Waals surface area contributed by atoms with Crippen molar-refractivity contribution >= 4 is 10.9 Å². The van der Waals surface area contributed by atoms with Crippen LogP contribution in [-0.2, 0) is 6.54 Å². The van der Waals surface area contributed by atoms with E-state index in [0.29, 0.717) is 6.04 Å². The van der Waals surface area contributed by atoms with Gasteiger partial charge in [0.1, 0.15) is 0 Å². The highest BCUT2D eigenvalue weighted by Crippen LogP contribution is 2.34. The van der Waals surface area contributed by atoms with Crippen molar-refractivity contribution in [2.75, 3.05) is 7.05 Å². The molecule has 1 aliphatic carbocycles. The Morgan fingerprint density at radius 1 is 1.35 bits per heavy atom. The molecule has 1 fully saturated rings. The van der Waals surface area contributed by atoms with Crippen LogP contribution in [0.15, 0.2) is 30.5 Å². The van der Waals surface area contributed by atoms with Crippen LogP contribution in [0.3, 0.4) is 0 Å². The van der Waals surface area contributed by atoms with Crippen molar-refractivity contribution in [1.29, 1.82) is 0 Å². The van der Waals surface area contributed by atoms with Crippen molar-refractivity contribution in [2.24, 2.45) is 5.92 Å². The van der Waals surface area contributed by atoms with Gasteiger partial charge in [0, 0.05) is 29.7 Å². The number of hydrogen-bond acceptors (Lipinski definition) is 1. The molecule has 2 aromatic rings. The molecule has 0 radical (unpaired) electrons. The van der Waals surface area contributed by atoms with Gasteiger partial charge >= 0.3 is 0 Å². The molecule has 2 nitrogen and oxygen atoms in total. The van der Waals surface area contributed by atoms with Gasteiger partial charge in [-0.15, -0.1) is 0 Å². The van der Waals surface area contributed by atoms with Gasteiger partial charge < -0.3 is 9.88 Å². The number of aromatic nitrogens is 1. The van der Waals surface area contributed by atoms with Crippen LogP contribution < -0.4 is 5.32 Å². The molecule has 1 aromatic heterocycles. The molecule has 0 bridgehead atoms. The van der Waals surface area contributed by atoms with E-state index in [1.54, 1.807) is 0 Å². The molecule has 2 heteroatoms. The second kappa shape index (κ2) is 4.19. The third-order valence-electron chi connectivity index (χ3n) is 3.87. The Morgan fingerprint density at radius 2 is 2.12 bits per heavy atom. The molecule has 3 rings (SSSR count). The molecule has 1 saturated carbocycles. The Hall–Kier alpha value is -1.28. The lowest BCUT2D eigenvalue weighted by atomic mass is 10.1. The first-order valence-corrected chi connectivity index (χ1v) is 6.54. The maximum Gasteiger partial charge on any atom is 0.0483 e. The maximum atomic E-state index is 3.34. The van der Waals surface area contributed by atoms with E-state index < -0.39 is 0 Å². The van der Waals surface area contributed by atoms with E-state index in [1.165, 1.54) is 35.9 Å². The second-order valence-corrected chi connectivity index (χ2v) is 5.21. The minimum absolute atomic E-state index is 0.417. The smallest absolute Gasteiger partial charge is 0.0483 e. The fraction of sp³-hybridized carbons (Fsp3) is 0.467. The van der Waals surface area contributed by atoms with Crippen molar-refractivity contribution < 1.29 is 0 Å². The number of benzene rings is 1. The Labute approximate surface area is 103 Å². The van der Waals surface area contributed by atoms with Gasteiger partial charge in [-0.05, 0) is 44.4 Å². The Balaban J connectivity index is 2.08. The molecule has 0 aliphatic heterocycles. The van der Waals surface area contributed by atoms with Crippen molar-refractivity contribution in [3.05, 3.63) is 36.0 Å². The van der Waals surface area contributed by atoms with Gasteiger partial charge in [0.2, 0.25) is 0 Å². The molecule has 1 heterocycles. The first kappa shape index (κ1) is 10.8. The van der Waals surface area contributed by atoms with Crippen LogP contribution in [0.2, 0.25) is 0 Å². The summed E-state index contributed by atoms with van der Waals surface area (Å²) in [5.41, 5.74) is 2.81. The zero-order valence-corrected chi connectivity index (χ0v) is 10.6. The average Bonchev–Trinajstić information content (AvgIpc) is 3.10. The van der Waals surface area contributed by atoms with Crippen molar-refractivity contribution in [3.8, 4) is 0 Å². The highest BCUT2D eigenvalue weighted by Gasteiger charge is 2.23. The highest BCUT2D eigenvalue weighted by atomic mass is 15.0. The van der Waals surface area contributed by atoms with E-state index in [-0.39, 0.29) is 0 Å². The van der Waals surface area contributed by atoms with E-state index in [1.807, 2.05) is 7.05 Å². The van der Waals surface area contributed by atoms with E-state index in [9.17, 15) is 0 Å². The van der Waals surface area contributed by atoms with Crippen molar-refractivity contribution in [1.82, 2.24) is 9.88 Å². The van der Waals surface area contributed by atoms with Crippen molar-refractivity contribution in [2.45, 2.75) is 32.4 Å². The number of fused-ring (bicyclic) bond motifs is 1. The average molecular weight is 228 g/mol. The lowest BCUT2D eigenvalue weighted by molar-refractivity contribution is 0.626. The van der Waals surface area contributed by atoms with E-state index >= 15 is 0 Å². The van der Waals surface area contributed by atoms with Crippen LogP contribution in [0.4, 0.5) is 0 Å². The third-order valence-corrected chi connectivity index (χ3v) is 3.87. The molecule has 0 spiro atoms. The summed E-state index contributed by atoms with van der Waals surface area (Å²) in [5, 5.41) is 4.74. The molecule has 0 saturated heterocycles. The summed E-state index contributed by atoms with van der Waals surface area (Å²) in [6, 6.07) is 9.17. The van der Waals surface area contributed by atoms with Crippen LogP contribution in [0.1, 0.15) is 31.4 Å². The quantitative estimate of drug-likeness (QED) is 0.849. The molecule has 90 valence electrons. The summed E-state index contributed by atoms with van der Waals surface area (Å²) in [6.45, 7) is 3.42. The molecule has 1 N–H and O–H groups in total. The minimum Gasteiger partial charge on any atom is -0.347 e. The molecular weight excluding hydrogens is 208 g/mol. The van der Waals surface area contributed by atoms with E-state index in [4.69, 9.17) is 0 Å². The van der Waals surface area contributed by atoms with Gasteiger partial charge in [-0.3, -0.25) is 0 Å². The van der Waals surface area contributed by atoms with Crippen LogP contribution in [0, 0.1) is 5.92 Å². The van der Waals surface area contributed by atoms with E-state index in [0.717, 1.165) is 5.92 Å². The van der Waals surface area contributed by atoms with Gasteiger partial charge in [-0.2, -0.15) is 0 Å². The number of para-hydroxylation sites is 1. The third kappa shape index (κ3) is 1.98. The molecule has 0 amide bonds. The number of nitrogens with zero attached hydrogens (tertiary/aromatic N) is 1. The van der Waals surface area contributed by atoms with E-state index in [2.05, 4.69) is 47.3 Å². The highest BCUT2D eigenvalue weighted by molar-refractivity contribution is 5.84. The predicted molar refractivity (Wildman–Crippen MR) is 72.1 cm³/mol. The molecule has 1 aliphatic rings. The van der Waals surface area contributed by atoms with Gasteiger partial charge in [0.15, 0.2) is 0 Å². The van der Waals surface area contributed by atoms with Crippen molar-refractivity contribution in [3.63, 3.8) is 0 Å². The summed E-state index contributed by atoms with van der Waals surface area (Å²) in [7, 11) is 2.03. The molecule has 1 atom stereocenters. The van der Waals surface area contributed by atoms with Gasteiger partial charge in [0.05, 0.1) is 0 Å². The van der Waals surface area contributed by atoms with Crippen LogP contribution in [0.25, 0.3) is 10.9 Å². The lowest BCUT2D eigenvalue weighted by Gasteiger charge is -2.08. The maximum absolute atomic E-state index is 3.34. The van der Waals surface area contributed by atoms with Crippen LogP contribution in [0.5, 0.6) is 0 Å². The monoisotopic (exact) mass is 228 g/mol. The topological polar surface area (TPSA) is 17.0 Å². The first-order chi connectivity index (χ1) is 8.29. The normalized spacial score (nSPS) is 17.5. The molecule has 17 heavy (non-hydrogen) atoms. The van der Waals surface area contributed by atoms with Crippen LogP contribution in [-0.4, -0.2) is 11.6 Å². The minimum atomic E-state index is 0.417. The number of hydrogen-bond donors (Lipinski definition) is 1. The first-order valence-electron chi connectivity index (χ1n) is 6.54. The summed E-state index contributed by atoms with van der Waals surface area (Å²) >= 11 is 0. The predicted octanol–water partition coefficient (Wildman–Crippen LogP) is 3.33. The molecule has 1 unspecified atom stereocenters. The summed E-state index contributed by atoms with van der Waals surface area (Å²) in [4.78, 5) is 0. The van der Waals surface area contributed by atoms with Gasteiger partial charge in [0.25, 0.3) is 0 Å². The fourth-order valence-electron chi connectivity index (χ4n) is 2.51. The SMILES string of the molecule is CNC(C)c1cn(CC2CC2)c2ccccc12. The molecular formula is C15H20N2. The number of rotatable bonds is 4. The Bertz CT molecular complexity index is 523. The number of nitrogens with one attached hydrogen (secondary N) is 1. The standard InChI is InChI=1S/C15H20N2/c1-11(16-2)14-10-17(9-12-7-8-12)15-6-4-3-5-13(14)15/h3-6,10-12,16H,7-9H2,1-2H3. The zero-order chi connectivity index (χ0) is 11.8. The summed E-state index contributed by atoms with van der Waals surface area (Å²) < 4.78 is 2.44. The van der Waals surface area contributed by atoms with Gasteiger partial charge in [-0.25, -0.2) is 0 Å². The van der Waals surface area contributed by atoms with Crippen LogP contribution >= 0.6 is 0 Å². The van der Waals surface area contributed by atoms with Gasteiger partial charge in [-0.1, -0.05) is 18.2 Å². The summed E-state index contributed by atoms with van der Waals surface area (Å²) in [5.74, 6) is 0.920. The fourth-order valence-corrected chi connectivity index (χ4v) is 2.51.